The lowest BCUT2D eigenvalue weighted by atomic mass is 10.1. The Kier molecular flexibility index (Phi) is 5.02. The maximum absolute atomic E-state index is 12.7. The standard InChI is InChI=1S/C21H21F3N2O2/c22-21(23,24)18-4-2-16(3-5-18)20(27)26-10-8-25(9-11-26)14-15-1-6-19-17(13-15)7-12-28-19/h1-6,13H,7-12,14H2. The Labute approximate surface area is 161 Å². The van der Waals surface area contributed by atoms with Gasteiger partial charge in [-0.05, 0) is 41.5 Å². The number of piperazine rings is 1. The molecule has 0 aromatic heterocycles. The minimum Gasteiger partial charge on any atom is -0.493 e. The van der Waals surface area contributed by atoms with E-state index < -0.39 is 11.7 Å². The van der Waals surface area contributed by atoms with E-state index in [2.05, 4.69) is 17.0 Å². The summed E-state index contributed by atoms with van der Waals surface area (Å²) in [6.07, 6.45) is -3.45. The molecule has 2 aromatic carbocycles. The molecule has 7 heteroatoms. The maximum Gasteiger partial charge on any atom is 0.416 e. The number of hydrogen-bond donors (Lipinski definition) is 0. The first-order valence-electron chi connectivity index (χ1n) is 9.34. The molecule has 0 bridgehead atoms. The molecule has 2 aliphatic rings. The van der Waals surface area contributed by atoms with Crippen molar-refractivity contribution in [3.05, 3.63) is 64.7 Å². The van der Waals surface area contributed by atoms with Gasteiger partial charge in [0, 0.05) is 44.7 Å². The second-order valence-electron chi connectivity index (χ2n) is 7.18. The predicted octanol–water partition coefficient (Wildman–Crippen LogP) is 3.60. The number of nitrogens with zero attached hydrogens (tertiary/aromatic N) is 2. The summed E-state index contributed by atoms with van der Waals surface area (Å²) >= 11 is 0. The Bertz CT molecular complexity index is 857. The van der Waals surface area contributed by atoms with Gasteiger partial charge < -0.3 is 9.64 Å². The smallest absolute Gasteiger partial charge is 0.416 e. The third-order valence-corrected chi connectivity index (χ3v) is 5.28. The number of benzene rings is 2. The first-order chi connectivity index (χ1) is 13.4. The average Bonchev–Trinajstić information content (AvgIpc) is 3.15. The van der Waals surface area contributed by atoms with E-state index >= 15 is 0 Å². The summed E-state index contributed by atoms with van der Waals surface area (Å²) in [6, 6.07) is 10.7. The van der Waals surface area contributed by atoms with E-state index in [0.717, 1.165) is 50.5 Å². The number of hydrogen-bond acceptors (Lipinski definition) is 3. The normalized spacial score (nSPS) is 17.3. The van der Waals surface area contributed by atoms with Crippen molar-refractivity contribution < 1.29 is 22.7 Å². The minimum atomic E-state index is -4.39. The zero-order chi connectivity index (χ0) is 19.7. The minimum absolute atomic E-state index is 0.219. The van der Waals surface area contributed by atoms with Gasteiger partial charge in [-0.15, -0.1) is 0 Å². The molecule has 2 aromatic rings. The summed E-state index contributed by atoms with van der Waals surface area (Å²) in [7, 11) is 0. The van der Waals surface area contributed by atoms with Crippen LogP contribution in [0.15, 0.2) is 42.5 Å². The van der Waals surface area contributed by atoms with Crippen molar-refractivity contribution in [2.75, 3.05) is 32.8 Å². The van der Waals surface area contributed by atoms with Crippen LogP contribution in [0.25, 0.3) is 0 Å². The van der Waals surface area contributed by atoms with E-state index in [-0.39, 0.29) is 5.91 Å². The number of rotatable bonds is 3. The summed E-state index contributed by atoms with van der Waals surface area (Å²) in [4.78, 5) is 16.6. The van der Waals surface area contributed by atoms with Gasteiger partial charge in [-0.3, -0.25) is 9.69 Å². The molecule has 0 unspecified atom stereocenters. The van der Waals surface area contributed by atoms with E-state index in [0.29, 0.717) is 18.7 Å². The zero-order valence-corrected chi connectivity index (χ0v) is 15.3. The molecule has 28 heavy (non-hydrogen) atoms. The Morgan fingerprint density at radius 1 is 1.00 bits per heavy atom. The monoisotopic (exact) mass is 390 g/mol. The van der Waals surface area contributed by atoms with Crippen molar-refractivity contribution in [2.45, 2.75) is 19.1 Å². The van der Waals surface area contributed by atoms with Gasteiger partial charge in [-0.2, -0.15) is 13.2 Å². The largest absolute Gasteiger partial charge is 0.493 e. The molecule has 4 nitrogen and oxygen atoms in total. The van der Waals surface area contributed by atoms with Crippen molar-refractivity contribution in [3.63, 3.8) is 0 Å². The summed E-state index contributed by atoms with van der Waals surface area (Å²) in [5.74, 6) is 0.749. The lowest BCUT2D eigenvalue weighted by Gasteiger charge is -2.35. The highest BCUT2D eigenvalue weighted by atomic mass is 19.4. The topological polar surface area (TPSA) is 32.8 Å². The molecule has 4 rings (SSSR count). The van der Waals surface area contributed by atoms with E-state index in [1.807, 2.05) is 6.07 Å². The van der Waals surface area contributed by atoms with Gasteiger partial charge in [0.05, 0.1) is 12.2 Å². The highest BCUT2D eigenvalue weighted by Crippen LogP contribution is 2.29. The quantitative estimate of drug-likeness (QED) is 0.803. The van der Waals surface area contributed by atoms with Crippen molar-refractivity contribution in [1.29, 1.82) is 0 Å². The average molecular weight is 390 g/mol. The van der Waals surface area contributed by atoms with Crippen LogP contribution in [-0.4, -0.2) is 48.5 Å². The molecule has 0 atom stereocenters. The van der Waals surface area contributed by atoms with Crippen LogP contribution in [0.1, 0.15) is 27.0 Å². The summed E-state index contributed by atoms with van der Waals surface area (Å²) in [5, 5.41) is 0. The van der Waals surface area contributed by atoms with Crippen molar-refractivity contribution in [1.82, 2.24) is 9.80 Å². The number of ether oxygens (including phenoxy) is 1. The highest BCUT2D eigenvalue weighted by Gasteiger charge is 2.30. The van der Waals surface area contributed by atoms with Crippen molar-refractivity contribution in [2.24, 2.45) is 0 Å². The summed E-state index contributed by atoms with van der Waals surface area (Å²) in [5.41, 5.74) is 2.02. The van der Waals surface area contributed by atoms with Crippen LogP contribution in [0, 0.1) is 0 Å². The third-order valence-electron chi connectivity index (χ3n) is 5.28. The molecular formula is C21H21F3N2O2. The van der Waals surface area contributed by atoms with E-state index in [1.54, 1.807) is 4.90 Å². The van der Waals surface area contributed by atoms with E-state index in [4.69, 9.17) is 4.74 Å². The molecular weight excluding hydrogens is 369 g/mol. The predicted molar refractivity (Wildman–Crippen MR) is 98.3 cm³/mol. The van der Waals surface area contributed by atoms with Gasteiger partial charge in [-0.25, -0.2) is 0 Å². The van der Waals surface area contributed by atoms with E-state index in [1.165, 1.54) is 23.3 Å². The Morgan fingerprint density at radius 2 is 1.71 bits per heavy atom. The van der Waals surface area contributed by atoms with Gasteiger partial charge in [-0.1, -0.05) is 12.1 Å². The van der Waals surface area contributed by atoms with Gasteiger partial charge >= 0.3 is 6.18 Å². The maximum atomic E-state index is 12.7. The highest BCUT2D eigenvalue weighted by molar-refractivity contribution is 5.94. The van der Waals surface area contributed by atoms with Crippen LogP contribution in [-0.2, 0) is 19.1 Å². The number of fused-ring (bicyclic) bond motifs is 1. The molecule has 1 amide bonds. The second kappa shape index (κ2) is 7.47. The Balaban J connectivity index is 1.33. The SMILES string of the molecule is O=C(c1ccc(C(F)(F)F)cc1)N1CCN(Cc2ccc3c(c2)CCO3)CC1. The van der Waals surface area contributed by atoms with Crippen molar-refractivity contribution >= 4 is 5.91 Å². The fourth-order valence-corrected chi connectivity index (χ4v) is 3.69. The fraction of sp³-hybridized carbons (Fsp3) is 0.381. The molecule has 148 valence electrons. The Morgan fingerprint density at radius 3 is 2.39 bits per heavy atom. The number of amides is 1. The Hall–Kier alpha value is -2.54. The lowest BCUT2D eigenvalue weighted by Crippen LogP contribution is -2.48. The summed E-state index contributed by atoms with van der Waals surface area (Å²) in [6.45, 7) is 4.15. The first-order valence-corrected chi connectivity index (χ1v) is 9.34. The number of halogens is 3. The van der Waals surface area contributed by atoms with Crippen LogP contribution < -0.4 is 4.74 Å². The molecule has 0 aliphatic carbocycles. The zero-order valence-electron chi connectivity index (χ0n) is 15.3. The molecule has 1 saturated heterocycles. The van der Waals surface area contributed by atoms with Gasteiger partial charge in [0.25, 0.3) is 5.91 Å². The number of carbonyl (C=O) groups excluding carboxylic acids is 1. The van der Waals surface area contributed by atoms with Gasteiger partial charge in [0.2, 0.25) is 0 Å². The van der Waals surface area contributed by atoms with Crippen LogP contribution in [0.4, 0.5) is 13.2 Å². The van der Waals surface area contributed by atoms with Crippen LogP contribution in [0.5, 0.6) is 5.75 Å². The molecule has 0 spiro atoms. The lowest BCUT2D eigenvalue weighted by molar-refractivity contribution is -0.137. The third kappa shape index (κ3) is 3.99. The van der Waals surface area contributed by atoms with Crippen LogP contribution in [0.3, 0.4) is 0 Å². The fourth-order valence-electron chi connectivity index (χ4n) is 3.69. The first kappa shape index (κ1) is 18.8. The van der Waals surface area contributed by atoms with Crippen molar-refractivity contribution in [3.8, 4) is 5.75 Å². The van der Waals surface area contributed by atoms with Gasteiger partial charge in [0.1, 0.15) is 5.75 Å². The molecule has 2 aliphatic heterocycles. The molecule has 0 radical (unpaired) electrons. The molecule has 2 heterocycles. The summed E-state index contributed by atoms with van der Waals surface area (Å²) < 4.78 is 43.5. The number of alkyl halides is 3. The molecule has 1 fully saturated rings. The molecule has 0 N–H and O–H groups in total. The number of carbonyl (C=O) groups is 1. The van der Waals surface area contributed by atoms with E-state index in [9.17, 15) is 18.0 Å². The molecule has 0 saturated carbocycles. The van der Waals surface area contributed by atoms with Crippen LogP contribution >= 0.6 is 0 Å². The van der Waals surface area contributed by atoms with Crippen LogP contribution in [0.2, 0.25) is 0 Å². The van der Waals surface area contributed by atoms with Gasteiger partial charge in [0.15, 0.2) is 0 Å². The second-order valence-corrected chi connectivity index (χ2v) is 7.18.